The van der Waals surface area contributed by atoms with Gasteiger partial charge in [0.05, 0.1) is 0 Å². The van der Waals surface area contributed by atoms with E-state index in [0.29, 0.717) is 5.69 Å². The van der Waals surface area contributed by atoms with E-state index in [4.69, 9.17) is 0 Å². The standard InChI is InChI=1S/C12H16N2O/c1-10(15)11-6-5-7-12(13-11)14-8-3-2-4-9-14/h5-7H,2-4,8-9H2,1H3. The minimum absolute atomic E-state index is 0.0360. The van der Waals surface area contributed by atoms with Crippen molar-refractivity contribution < 1.29 is 4.79 Å². The summed E-state index contributed by atoms with van der Waals surface area (Å²) in [6.45, 7) is 3.69. The zero-order chi connectivity index (χ0) is 10.7. The monoisotopic (exact) mass is 204 g/mol. The number of pyridine rings is 1. The third-order valence-electron chi connectivity index (χ3n) is 2.78. The number of carbonyl (C=O) groups is 1. The highest BCUT2D eigenvalue weighted by atomic mass is 16.1. The van der Waals surface area contributed by atoms with Crippen molar-refractivity contribution in [3.63, 3.8) is 0 Å². The highest BCUT2D eigenvalue weighted by molar-refractivity contribution is 5.92. The molecule has 1 aliphatic heterocycles. The molecule has 1 aromatic rings. The number of nitrogens with zero attached hydrogens (tertiary/aromatic N) is 2. The smallest absolute Gasteiger partial charge is 0.178 e. The highest BCUT2D eigenvalue weighted by Crippen LogP contribution is 2.17. The Morgan fingerprint density at radius 2 is 2.00 bits per heavy atom. The van der Waals surface area contributed by atoms with Crippen LogP contribution < -0.4 is 4.90 Å². The second-order valence-electron chi connectivity index (χ2n) is 3.98. The number of hydrogen-bond donors (Lipinski definition) is 0. The molecule has 15 heavy (non-hydrogen) atoms. The number of hydrogen-bond acceptors (Lipinski definition) is 3. The minimum atomic E-state index is 0.0360. The third-order valence-corrected chi connectivity index (χ3v) is 2.78. The van der Waals surface area contributed by atoms with Gasteiger partial charge in [-0.2, -0.15) is 0 Å². The van der Waals surface area contributed by atoms with Gasteiger partial charge in [-0.1, -0.05) is 6.07 Å². The van der Waals surface area contributed by atoms with Gasteiger partial charge in [0.2, 0.25) is 0 Å². The van der Waals surface area contributed by atoms with Crippen molar-refractivity contribution in [2.75, 3.05) is 18.0 Å². The largest absolute Gasteiger partial charge is 0.357 e. The quantitative estimate of drug-likeness (QED) is 0.693. The maximum absolute atomic E-state index is 11.2. The molecule has 0 saturated carbocycles. The predicted molar refractivity (Wildman–Crippen MR) is 60.3 cm³/mol. The summed E-state index contributed by atoms with van der Waals surface area (Å²) in [5.41, 5.74) is 0.568. The molecule has 0 radical (unpaired) electrons. The summed E-state index contributed by atoms with van der Waals surface area (Å²) in [6, 6.07) is 5.67. The third kappa shape index (κ3) is 2.35. The van der Waals surface area contributed by atoms with Crippen LogP contribution in [-0.2, 0) is 0 Å². The SMILES string of the molecule is CC(=O)c1cccc(N2CCCCC2)n1. The van der Waals surface area contributed by atoms with Crippen molar-refractivity contribution in [3.05, 3.63) is 23.9 Å². The minimum Gasteiger partial charge on any atom is -0.357 e. The van der Waals surface area contributed by atoms with Gasteiger partial charge in [-0.25, -0.2) is 4.98 Å². The second-order valence-corrected chi connectivity index (χ2v) is 3.98. The Labute approximate surface area is 90.1 Å². The predicted octanol–water partition coefficient (Wildman–Crippen LogP) is 2.27. The van der Waals surface area contributed by atoms with E-state index >= 15 is 0 Å². The van der Waals surface area contributed by atoms with Crippen molar-refractivity contribution in [2.24, 2.45) is 0 Å². The van der Waals surface area contributed by atoms with Crippen molar-refractivity contribution in [3.8, 4) is 0 Å². The van der Waals surface area contributed by atoms with E-state index in [9.17, 15) is 4.79 Å². The molecular weight excluding hydrogens is 188 g/mol. The summed E-state index contributed by atoms with van der Waals surface area (Å²) in [4.78, 5) is 17.8. The maximum Gasteiger partial charge on any atom is 0.178 e. The highest BCUT2D eigenvalue weighted by Gasteiger charge is 2.12. The van der Waals surface area contributed by atoms with Crippen LogP contribution in [0.25, 0.3) is 0 Å². The summed E-state index contributed by atoms with van der Waals surface area (Å²) in [5.74, 6) is 0.983. The van der Waals surface area contributed by atoms with Gasteiger partial charge >= 0.3 is 0 Å². The summed E-state index contributed by atoms with van der Waals surface area (Å²) in [5, 5.41) is 0. The number of aromatic nitrogens is 1. The van der Waals surface area contributed by atoms with Gasteiger partial charge < -0.3 is 4.90 Å². The Hall–Kier alpha value is -1.38. The van der Waals surface area contributed by atoms with Gasteiger partial charge in [0.25, 0.3) is 0 Å². The normalized spacial score (nSPS) is 16.5. The summed E-state index contributed by atoms with van der Waals surface area (Å²) in [6.07, 6.45) is 3.76. The molecule has 1 aliphatic rings. The summed E-state index contributed by atoms with van der Waals surface area (Å²) < 4.78 is 0. The average Bonchev–Trinajstić information content (AvgIpc) is 2.30. The van der Waals surface area contributed by atoms with Crippen LogP contribution in [0.5, 0.6) is 0 Å². The van der Waals surface area contributed by atoms with Crippen LogP contribution in [0, 0.1) is 0 Å². The molecule has 80 valence electrons. The number of Topliss-reactive ketones (excluding diaryl/α,β-unsaturated/α-hetero) is 1. The fourth-order valence-electron chi connectivity index (χ4n) is 1.92. The molecule has 3 nitrogen and oxygen atoms in total. The molecule has 0 aromatic carbocycles. The van der Waals surface area contributed by atoms with E-state index in [1.54, 1.807) is 13.0 Å². The van der Waals surface area contributed by atoms with Crippen molar-refractivity contribution in [2.45, 2.75) is 26.2 Å². The number of rotatable bonds is 2. The number of piperidine rings is 1. The lowest BCUT2D eigenvalue weighted by atomic mass is 10.1. The zero-order valence-corrected chi connectivity index (χ0v) is 9.07. The fraction of sp³-hybridized carbons (Fsp3) is 0.500. The van der Waals surface area contributed by atoms with E-state index < -0.39 is 0 Å². The summed E-state index contributed by atoms with van der Waals surface area (Å²) in [7, 11) is 0. The van der Waals surface area contributed by atoms with E-state index in [-0.39, 0.29) is 5.78 Å². The lowest BCUT2D eigenvalue weighted by Gasteiger charge is -2.27. The van der Waals surface area contributed by atoms with Crippen LogP contribution in [0.2, 0.25) is 0 Å². The number of ketones is 1. The molecule has 1 saturated heterocycles. The van der Waals surface area contributed by atoms with Crippen LogP contribution in [0.1, 0.15) is 36.7 Å². The van der Waals surface area contributed by atoms with Crippen molar-refractivity contribution in [1.29, 1.82) is 0 Å². The molecule has 0 bridgehead atoms. The Bertz CT molecular complexity index is 356. The molecule has 2 heterocycles. The molecule has 0 aliphatic carbocycles. The van der Waals surface area contributed by atoms with Crippen molar-refractivity contribution >= 4 is 11.6 Å². The van der Waals surface area contributed by atoms with Crippen LogP contribution >= 0.6 is 0 Å². The molecule has 0 atom stereocenters. The van der Waals surface area contributed by atoms with Crippen LogP contribution in [0.15, 0.2) is 18.2 Å². The van der Waals surface area contributed by atoms with E-state index in [0.717, 1.165) is 18.9 Å². The van der Waals surface area contributed by atoms with Gasteiger partial charge in [0.15, 0.2) is 5.78 Å². The molecule has 3 heteroatoms. The zero-order valence-electron chi connectivity index (χ0n) is 9.07. The maximum atomic E-state index is 11.2. The van der Waals surface area contributed by atoms with Crippen LogP contribution in [0.4, 0.5) is 5.82 Å². The fourth-order valence-corrected chi connectivity index (χ4v) is 1.92. The summed E-state index contributed by atoms with van der Waals surface area (Å²) >= 11 is 0. The Kier molecular flexibility index (Phi) is 2.99. The molecule has 0 amide bonds. The first-order chi connectivity index (χ1) is 7.27. The lowest BCUT2D eigenvalue weighted by Crippen LogP contribution is -2.30. The van der Waals surface area contributed by atoms with Gasteiger partial charge in [0.1, 0.15) is 11.5 Å². The first-order valence-electron chi connectivity index (χ1n) is 5.50. The first kappa shape index (κ1) is 10.1. The van der Waals surface area contributed by atoms with Gasteiger partial charge in [-0.3, -0.25) is 4.79 Å². The van der Waals surface area contributed by atoms with E-state index in [1.165, 1.54) is 19.3 Å². The van der Waals surface area contributed by atoms with E-state index in [1.807, 2.05) is 12.1 Å². The van der Waals surface area contributed by atoms with Crippen molar-refractivity contribution in [1.82, 2.24) is 4.98 Å². The van der Waals surface area contributed by atoms with Gasteiger partial charge in [0, 0.05) is 20.0 Å². The lowest BCUT2D eigenvalue weighted by molar-refractivity contribution is 0.101. The number of anilines is 1. The van der Waals surface area contributed by atoms with E-state index in [2.05, 4.69) is 9.88 Å². The average molecular weight is 204 g/mol. The number of carbonyl (C=O) groups excluding carboxylic acids is 1. The molecule has 1 aromatic heterocycles. The van der Waals surface area contributed by atoms with Gasteiger partial charge in [-0.15, -0.1) is 0 Å². The van der Waals surface area contributed by atoms with Crippen LogP contribution in [0.3, 0.4) is 0 Å². The topological polar surface area (TPSA) is 33.2 Å². The van der Waals surface area contributed by atoms with Crippen LogP contribution in [-0.4, -0.2) is 23.9 Å². The molecule has 1 fully saturated rings. The molecule has 0 N–H and O–H groups in total. The first-order valence-corrected chi connectivity index (χ1v) is 5.50. The molecular formula is C12H16N2O. The molecule has 2 rings (SSSR count). The second kappa shape index (κ2) is 4.43. The molecule has 0 unspecified atom stereocenters. The molecule has 0 spiro atoms. The van der Waals surface area contributed by atoms with Gasteiger partial charge in [-0.05, 0) is 31.4 Å². The Balaban J connectivity index is 2.19. The Morgan fingerprint density at radius 3 is 2.67 bits per heavy atom. The Morgan fingerprint density at radius 1 is 1.27 bits per heavy atom.